The Morgan fingerprint density at radius 1 is 0.429 bits per heavy atom. The Bertz CT molecular complexity index is 409. The van der Waals surface area contributed by atoms with Crippen LogP contribution in [0.2, 0.25) is 48.4 Å². The topological polar surface area (TPSA) is 36.9 Å². The minimum absolute atomic E-state index is 0.418. The zero-order valence-electron chi connectivity index (χ0n) is 20.8. The summed E-state index contributed by atoms with van der Waals surface area (Å²) in [5.74, 6) is 0. The van der Waals surface area contributed by atoms with Gasteiger partial charge in [-0.15, -0.1) is 0 Å². The molecule has 0 aromatic carbocycles. The van der Waals surface area contributed by atoms with Crippen LogP contribution in [0.15, 0.2) is 0 Å². The van der Waals surface area contributed by atoms with E-state index in [-0.39, 0.29) is 0 Å². The second kappa shape index (κ2) is 9.89. The van der Waals surface area contributed by atoms with Gasteiger partial charge in [-0.2, -0.15) is 0 Å². The van der Waals surface area contributed by atoms with Crippen LogP contribution < -0.4 is 0 Å². The van der Waals surface area contributed by atoms with Crippen LogP contribution in [-0.2, 0) is 16.5 Å². The van der Waals surface area contributed by atoms with Crippen molar-refractivity contribution in [2.24, 2.45) is 0 Å². The molecule has 0 radical (unpaired) electrons. The highest BCUT2D eigenvalue weighted by Crippen LogP contribution is 2.47. The van der Waals surface area contributed by atoms with Crippen LogP contribution in [0.3, 0.4) is 0 Å². The van der Waals surface area contributed by atoms with E-state index < -0.39 is 34.2 Å². The molecule has 0 bridgehead atoms. The van der Waals surface area contributed by atoms with E-state index in [4.69, 9.17) is 16.5 Å². The molecule has 1 heterocycles. The van der Waals surface area contributed by atoms with Crippen molar-refractivity contribution in [2.45, 2.75) is 129 Å². The van der Waals surface area contributed by atoms with E-state index in [1.54, 1.807) is 0 Å². The van der Waals surface area contributed by atoms with Crippen molar-refractivity contribution >= 4 is 34.2 Å². The average Bonchev–Trinajstić information content (AvgIpc) is 2.63. The maximum atomic E-state index is 7.17. The molecule has 0 saturated carbocycles. The smallest absolute Gasteiger partial charge is 0.320 e. The quantitative estimate of drug-likeness (QED) is 0.347. The third-order valence-corrected chi connectivity index (χ3v) is 29.4. The summed E-state index contributed by atoms with van der Waals surface area (Å²) in [6.07, 6.45) is 4.27. The first-order chi connectivity index (χ1) is 12.8. The molecule has 0 aromatic heterocycles. The first-order valence-electron chi connectivity index (χ1n) is 11.6. The van der Waals surface area contributed by atoms with E-state index in [1.807, 2.05) is 0 Å². The van der Waals surface area contributed by atoms with Gasteiger partial charge in [-0.05, 0) is 48.4 Å². The Kier molecular flexibility index (Phi) is 9.44. The highest BCUT2D eigenvalue weighted by atomic mass is 28.5. The molecule has 168 valence electrons. The third kappa shape index (κ3) is 5.49. The second-order valence-corrected chi connectivity index (χ2v) is 25.0. The van der Waals surface area contributed by atoms with Gasteiger partial charge in [0.15, 0.2) is 0 Å². The van der Waals surface area contributed by atoms with Gasteiger partial charge in [0.05, 0.1) is 0 Å². The fourth-order valence-electron chi connectivity index (χ4n) is 3.98. The van der Waals surface area contributed by atoms with E-state index in [0.29, 0.717) is 22.2 Å². The minimum atomic E-state index is -2.46. The van der Waals surface area contributed by atoms with E-state index in [0.717, 1.165) is 25.7 Å². The molecule has 0 aliphatic carbocycles. The third-order valence-electron chi connectivity index (χ3n) is 7.65. The van der Waals surface area contributed by atoms with Gasteiger partial charge in [0.2, 0.25) is 0 Å². The van der Waals surface area contributed by atoms with Gasteiger partial charge in [-0.1, -0.05) is 81.1 Å². The fourth-order valence-corrected chi connectivity index (χ4v) is 28.4. The first kappa shape index (κ1) is 26.7. The Morgan fingerprint density at radius 3 is 0.679 bits per heavy atom. The monoisotopic (exact) mass is 464 g/mol. The van der Waals surface area contributed by atoms with E-state index in [9.17, 15) is 0 Å². The molecule has 0 amide bonds. The van der Waals surface area contributed by atoms with Gasteiger partial charge in [-0.25, -0.2) is 0 Å². The lowest BCUT2D eigenvalue weighted by molar-refractivity contribution is 0.199. The predicted octanol–water partition coefficient (Wildman–Crippen LogP) is 7.55. The normalized spacial score (nSPS) is 41.6. The molecule has 1 fully saturated rings. The SMILES string of the molecule is CCC(C)[Si]1(C)O[Si](C)(C(C)CC)O[Si](C)(C(C)CC)O[Si](C)(C(C)CC)O1. The molecular weight excluding hydrogens is 417 g/mol. The highest BCUT2D eigenvalue weighted by Gasteiger charge is 2.61. The van der Waals surface area contributed by atoms with Crippen molar-refractivity contribution in [3.05, 3.63) is 0 Å². The lowest BCUT2D eigenvalue weighted by atomic mass is 10.4. The maximum Gasteiger partial charge on any atom is 0.320 e. The number of rotatable bonds is 8. The molecule has 0 N–H and O–H groups in total. The van der Waals surface area contributed by atoms with Crippen molar-refractivity contribution in [1.29, 1.82) is 0 Å². The first-order valence-corrected chi connectivity index (χ1v) is 21.1. The van der Waals surface area contributed by atoms with Crippen molar-refractivity contribution in [3.63, 3.8) is 0 Å². The van der Waals surface area contributed by atoms with Crippen molar-refractivity contribution in [3.8, 4) is 0 Å². The summed E-state index contributed by atoms with van der Waals surface area (Å²) in [5.41, 5.74) is 1.67. The van der Waals surface area contributed by atoms with E-state index in [2.05, 4.69) is 81.6 Å². The van der Waals surface area contributed by atoms with Crippen LogP contribution >= 0.6 is 0 Å². The largest absolute Gasteiger partial charge is 0.415 e. The predicted molar refractivity (Wildman–Crippen MR) is 130 cm³/mol. The van der Waals surface area contributed by atoms with Crippen LogP contribution in [0.4, 0.5) is 0 Å². The van der Waals surface area contributed by atoms with E-state index >= 15 is 0 Å². The molecule has 8 heteroatoms. The van der Waals surface area contributed by atoms with Gasteiger partial charge in [0.25, 0.3) is 0 Å². The zero-order valence-corrected chi connectivity index (χ0v) is 24.8. The molecule has 4 nitrogen and oxygen atoms in total. The van der Waals surface area contributed by atoms with Gasteiger partial charge in [0, 0.05) is 0 Å². The standard InChI is InChI=1S/C20H48O4Si4/c1-13-17(5)25(9)21-26(10,18(6)14-2)23-28(12,20(8)16-4)24-27(11,22-25)19(7)15-3/h17-20H,13-16H2,1-12H3. The van der Waals surface area contributed by atoms with Gasteiger partial charge >= 0.3 is 34.2 Å². The molecule has 0 spiro atoms. The summed E-state index contributed by atoms with van der Waals surface area (Å²) in [6.45, 7) is 27.3. The molecule has 1 rings (SSSR count). The second-order valence-electron chi connectivity index (χ2n) is 9.71. The van der Waals surface area contributed by atoms with Crippen molar-refractivity contribution in [1.82, 2.24) is 0 Å². The molecule has 1 saturated heterocycles. The minimum Gasteiger partial charge on any atom is -0.415 e. The Hall–Kier alpha value is 0.708. The average molecular weight is 465 g/mol. The summed E-state index contributed by atoms with van der Waals surface area (Å²) in [7, 11) is -9.85. The maximum absolute atomic E-state index is 7.17. The molecule has 1 aliphatic rings. The summed E-state index contributed by atoms with van der Waals surface area (Å²) in [6, 6.07) is 0. The van der Waals surface area contributed by atoms with Crippen LogP contribution in [0.25, 0.3) is 0 Å². The Labute approximate surface area is 180 Å². The molecule has 1 aliphatic heterocycles. The van der Waals surface area contributed by atoms with E-state index in [1.165, 1.54) is 0 Å². The van der Waals surface area contributed by atoms with Crippen LogP contribution in [0.5, 0.6) is 0 Å². The highest BCUT2D eigenvalue weighted by molar-refractivity contribution is 6.95. The fraction of sp³-hybridized carbons (Fsp3) is 1.00. The van der Waals surface area contributed by atoms with Crippen LogP contribution in [0, 0.1) is 0 Å². The van der Waals surface area contributed by atoms with Gasteiger partial charge in [-0.3, -0.25) is 0 Å². The summed E-state index contributed by atoms with van der Waals surface area (Å²) >= 11 is 0. The Morgan fingerprint density at radius 2 is 0.571 bits per heavy atom. The molecule has 4 unspecified atom stereocenters. The summed E-state index contributed by atoms with van der Waals surface area (Å²) in [4.78, 5) is 0. The molecule has 4 atom stereocenters. The number of hydrogen-bond donors (Lipinski definition) is 0. The van der Waals surface area contributed by atoms with Gasteiger partial charge < -0.3 is 16.5 Å². The zero-order chi connectivity index (χ0) is 22.0. The molecule has 0 aromatic rings. The van der Waals surface area contributed by atoms with Crippen molar-refractivity contribution in [2.75, 3.05) is 0 Å². The molecule has 28 heavy (non-hydrogen) atoms. The summed E-state index contributed by atoms with van der Waals surface area (Å²) in [5, 5.41) is 0. The van der Waals surface area contributed by atoms with Crippen LogP contribution in [0.1, 0.15) is 81.1 Å². The van der Waals surface area contributed by atoms with Crippen molar-refractivity contribution < 1.29 is 16.5 Å². The number of hydrogen-bond acceptors (Lipinski definition) is 4. The lowest BCUT2D eigenvalue weighted by Gasteiger charge is -2.55. The van der Waals surface area contributed by atoms with Gasteiger partial charge in [0.1, 0.15) is 0 Å². The van der Waals surface area contributed by atoms with Crippen LogP contribution in [-0.4, -0.2) is 34.2 Å². The summed E-state index contributed by atoms with van der Waals surface area (Å²) < 4.78 is 28.7. The Balaban J connectivity index is 3.59. The lowest BCUT2D eigenvalue weighted by Crippen LogP contribution is -2.70. The molecular formula is C20H48O4Si4.